The van der Waals surface area contributed by atoms with Gasteiger partial charge in [0.2, 0.25) is 0 Å². The lowest BCUT2D eigenvalue weighted by molar-refractivity contribution is -0.156. The molecule has 0 saturated carbocycles. The minimum atomic E-state index is -1.59. The van der Waals surface area contributed by atoms with E-state index in [4.69, 9.17) is 0 Å². The van der Waals surface area contributed by atoms with Crippen LogP contribution in [0.1, 0.15) is 24.5 Å². The quantitative estimate of drug-likeness (QED) is 0.688. The van der Waals surface area contributed by atoms with Crippen molar-refractivity contribution in [3.63, 3.8) is 0 Å². The van der Waals surface area contributed by atoms with Crippen LogP contribution < -0.4 is 4.90 Å². The monoisotopic (exact) mass is 295 g/mol. The van der Waals surface area contributed by atoms with Crippen LogP contribution in [0.25, 0.3) is 0 Å². The lowest BCUT2D eigenvalue weighted by Gasteiger charge is -2.31. The zero-order valence-corrected chi connectivity index (χ0v) is 12.0. The zero-order valence-electron chi connectivity index (χ0n) is 12.0. The molecule has 2 rings (SSSR count). The van der Waals surface area contributed by atoms with Gasteiger partial charge in [-0.05, 0) is 30.5 Å². The molecule has 1 fully saturated rings. The number of hydrogen-bond acceptors (Lipinski definition) is 6. The number of methoxy groups -OCH3 is 1. The number of benzene rings is 1. The molecule has 3 N–H and O–H groups in total. The van der Waals surface area contributed by atoms with Crippen molar-refractivity contribution in [3.8, 4) is 0 Å². The molecule has 2 atom stereocenters. The standard InChI is InChI=1S/C15H21NO5/c1-21-15(20)14(19)13(18)10-2-4-11(5-3-10)16-8-6-12(17)7-9-16/h2-5,12-14,17-19H,6-9H2,1H3. The topological polar surface area (TPSA) is 90.2 Å². The van der Waals surface area contributed by atoms with Gasteiger partial charge in [0.05, 0.1) is 13.2 Å². The molecule has 1 heterocycles. The first kappa shape index (κ1) is 15.8. The fourth-order valence-corrected chi connectivity index (χ4v) is 2.44. The van der Waals surface area contributed by atoms with E-state index < -0.39 is 18.2 Å². The summed E-state index contributed by atoms with van der Waals surface area (Å²) in [5.41, 5.74) is 1.44. The summed E-state index contributed by atoms with van der Waals surface area (Å²) in [4.78, 5) is 13.4. The van der Waals surface area contributed by atoms with E-state index in [9.17, 15) is 20.1 Å². The van der Waals surface area contributed by atoms with Gasteiger partial charge >= 0.3 is 5.97 Å². The Balaban J connectivity index is 2.03. The second-order valence-electron chi connectivity index (χ2n) is 5.22. The fraction of sp³-hybridized carbons (Fsp3) is 0.533. The molecule has 0 aromatic heterocycles. The van der Waals surface area contributed by atoms with Crippen molar-refractivity contribution in [2.24, 2.45) is 0 Å². The predicted octanol–water partition coefficient (Wildman–Crippen LogP) is 0.215. The Morgan fingerprint density at radius 1 is 1.24 bits per heavy atom. The normalized spacial score (nSPS) is 19.1. The minimum Gasteiger partial charge on any atom is -0.467 e. The van der Waals surface area contributed by atoms with Gasteiger partial charge in [-0.2, -0.15) is 0 Å². The van der Waals surface area contributed by atoms with E-state index in [1.807, 2.05) is 12.1 Å². The van der Waals surface area contributed by atoms with E-state index in [-0.39, 0.29) is 6.10 Å². The van der Waals surface area contributed by atoms with Gasteiger partial charge in [0, 0.05) is 18.8 Å². The summed E-state index contributed by atoms with van der Waals surface area (Å²) in [5, 5.41) is 29.0. The Bertz CT molecular complexity index is 467. The Morgan fingerprint density at radius 2 is 1.81 bits per heavy atom. The first-order valence-corrected chi connectivity index (χ1v) is 7.00. The smallest absolute Gasteiger partial charge is 0.337 e. The maximum absolute atomic E-state index is 11.2. The van der Waals surface area contributed by atoms with E-state index in [0.717, 1.165) is 38.7 Å². The average molecular weight is 295 g/mol. The molecule has 0 bridgehead atoms. The van der Waals surface area contributed by atoms with E-state index in [0.29, 0.717) is 5.56 Å². The van der Waals surface area contributed by atoms with Gasteiger partial charge in [-0.1, -0.05) is 12.1 Å². The molecule has 6 heteroatoms. The summed E-state index contributed by atoms with van der Waals surface area (Å²) in [7, 11) is 1.16. The van der Waals surface area contributed by atoms with Crippen LogP contribution in [0.5, 0.6) is 0 Å². The number of carbonyl (C=O) groups is 1. The van der Waals surface area contributed by atoms with Gasteiger partial charge in [-0.15, -0.1) is 0 Å². The van der Waals surface area contributed by atoms with Crippen LogP contribution in [-0.4, -0.2) is 53.7 Å². The minimum absolute atomic E-state index is 0.224. The molecule has 21 heavy (non-hydrogen) atoms. The van der Waals surface area contributed by atoms with Gasteiger partial charge in [0.25, 0.3) is 0 Å². The number of esters is 1. The lowest BCUT2D eigenvalue weighted by Crippen LogP contribution is -2.35. The Labute approximate surface area is 123 Å². The van der Waals surface area contributed by atoms with E-state index >= 15 is 0 Å². The number of hydrogen-bond donors (Lipinski definition) is 3. The van der Waals surface area contributed by atoms with Crippen LogP contribution in [-0.2, 0) is 9.53 Å². The van der Waals surface area contributed by atoms with Crippen molar-refractivity contribution in [2.45, 2.75) is 31.2 Å². The molecule has 1 aromatic rings. The number of rotatable bonds is 4. The maximum Gasteiger partial charge on any atom is 0.337 e. The second kappa shape index (κ2) is 6.89. The highest BCUT2D eigenvalue weighted by molar-refractivity contribution is 5.75. The van der Waals surface area contributed by atoms with Gasteiger partial charge in [-0.25, -0.2) is 4.79 Å². The number of ether oxygens (including phenoxy) is 1. The van der Waals surface area contributed by atoms with Crippen LogP contribution in [0.2, 0.25) is 0 Å². The van der Waals surface area contributed by atoms with E-state index in [2.05, 4.69) is 9.64 Å². The number of aliphatic hydroxyl groups excluding tert-OH is 3. The largest absolute Gasteiger partial charge is 0.467 e. The highest BCUT2D eigenvalue weighted by atomic mass is 16.5. The Morgan fingerprint density at radius 3 is 2.33 bits per heavy atom. The molecule has 1 aromatic carbocycles. The maximum atomic E-state index is 11.2. The molecule has 0 aliphatic carbocycles. The molecule has 0 amide bonds. The first-order valence-electron chi connectivity index (χ1n) is 7.00. The SMILES string of the molecule is COC(=O)C(O)C(O)c1ccc(N2CCC(O)CC2)cc1. The van der Waals surface area contributed by atoms with Crippen molar-refractivity contribution in [2.75, 3.05) is 25.1 Å². The summed E-state index contributed by atoms with van der Waals surface area (Å²) in [5.74, 6) is -0.864. The van der Waals surface area contributed by atoms with Crippen LogP contribution in [0.3, 0.4) is 0 Å². The molecular formula is C15H21NO5. The van der Waals surface area contributed by atoms with Crippen molar-refractivity contribution in [3.05, 3.63) is 29.8 Å². The lowest BCUT2D eigenvalue weighted by atomic mass is 10.0. The van der Waals surface area contributed by atoms with Crippen molar-refractivity contribution in [1.29, 1.82) is 0 Å². The summed E-state index contributed by atoms with van der Waals surface area (Å²) < 4.78 is 4.40. The molecule has 116 valence electrons. The number of piperidine rings is 1. The van der Waals surface area contributed by atoms with Gasteiger partial charge < -0.3 is 25.0 Å². The van der Waals surface area contributed by atoms with Crippen molar-refractivity contribution in [1.82, 2.24) is 0 Å². The molecule has 1 aliphatic rings. The zero-order chi connectivity index (χ0) is 15.4. The van der Waals surface area contributed by atoms with Crippen LogP contribution >= 0.6 is 0 Å². The summed E-state index contributed by atoms with van der Waals surface area (Å²) in [6.45, 7) is 1.57. The Hall–Kier alpha value is -1.63. The van der Waals surface area contributed by atoms with Crippen molar-refractivity contribution >= 4 is 11.7 Å². The summed E-state index contributed by atoms with van der Waals surface area (Å²) >= 11 is 0. The van der Waals surface area contributed by atoms with Crippen LogP contribution in [0.4, 0.5) is 5.69 Å². The van der Waals surface area contributed by atoms with Gasteiger partial charge in [0.1, 0.15) is 6.10 Å². The molecule has 1 aliphatic heterocycles. The molecule has 0 radical (unpaired) electrons. The van der Waals surface area contributed by atoms with Gasteiger partial charge in [-0.3, -0.25) is 0 Å². The predicted molar refractivity (Wildman–Crippen MR) is 76.9 cm³/mol. The fourth-order valence-electron chi connectivity index (χ4n) is 2.44. The third kappa shape index (κ3) is 3.72. The van der Waals surface area contributed by atoms with Crippen molar-refractivity contribution < 1.29 is 24.9 Å². The average Bonchev–Trinajstić information content (AvgIpc) is 2.53. The molecular weight excluding hydrogens is 274 g/mol. The van der Waals surface area contributed by atoms with E-state index in [1.165, 1.54) is 0 Å². The van der Waals surface area contributed by atoms with Crippen LogP contribution in [0.15, 0.2) is 24.3 Å². The molecule has 1 saturated heterocycles. The Kier molecular flexibility index (Phi) is 5.17. The third-order valence-corrected chi connectivity index (χ3v) is 3.81. The number of anilines is 1. The number of nitrogens with zero attached hydrogens (tertiary/aromatic N) is 1. The highest BCUT2D eigenvalue weighted by Crippen LogP contribution is 2.24. The number of aliphatic hydroxyl groups is 3. The third-order valence-electron chi connectivity index (χ3n) is 3.81. The molecule has 6 nitrogen and oxygen atoms in total. The molecule has 2 unspecified atom stereocenters. The first-order chi connectivity index (χ1) is 10.0. The van der Waals surface area contributed by atoms with E-state index in [1.54, 1.807) is 12.1 Å². The summed E-state index contributed by atoms with van der Waals surface area (Å²) in [6, 6.07) is 7.02. The van der Waals surface area contributed by atoms with Crippen LogP contribution in [0, 0.1) is 0 Å². The second-order valence-corrected chi connectivity index (χ2v) is 5.22. The van der Waals surface area contributed by atoms with Gasteiger partial charge in [0.15, 0.2) is 6.10 Å². The number of carbonyl (C=O) groups excluding carboxylic acids is 1. The molecule has 0 spiro atoms. The summed E-state index contributed by atoms with van der Waals surface area (Å²) in [6.07, 6.45) is -1.64. The highest BCUT2D eigenvalue weighted by Gasteiger charge is 2.26.